The normalized spacial score (nSPS) is 10.4. The molecular weight excluding hydrogens is 300 g/mol. The Labute approximate surface area is 133 Å². The maximum absolute atomic E-state index is 5.87. The molecule has 22 heavy (non-hydrogen) atoms. The second-order valence-electron chi connectivity index (χ2n) is 4.75. The van der Waals surface area contributed by atoms with Gasteiger partial charge >= 0.3 is 0 Å². The molecule has 0 aliphatic rings. The number of aromatic amines is 1. The first-order chi connectivity index (χ1) is 10.8. The number of anilines is 1. The van der Waals surface area contributed by atoms with E-state index in [1.807, 2.05) is 48.5 Å². The average Bonchev–Trinajstić information content (AvgIpc) is 3.06. The number of hydrogen-bond acceptors (Lipinski definition) is 4. The van der Waals surface area contributed by atoms with E-state index in [9.17, 15) is 0 Å². The molecule has 0 atom stereocenters. The summed E-state index contributed by atoms with van der Waals surface area (Å²) in [6.07, 6.45) is 1.47. The molecular formula is C16H15ClN4O. The van der Waals surface area contributed by atoms with Crippen molar-refractivity contribution in [3.05, 3.63) is 71.0 Å². The topological polar surface area (TPSA) is 62.8 Å². The first-order valence-electron chi connectivity index (χ1n) is 6.85. The highest BCUT2D eigenvalue weighted by molar-refractivity contribution is 6.30. The standard InChI is InChI=1S/C16H15ClN4O/c17-14-6-4-12(5-7-14)10-22-15-3-1-2-13(8-15)9-18-16-19-11-20-21-16/h1-8,11H,9-10H2,(H2,18,19,20,21). The molecule has 0 saturated heterocycles. The molecule has 1 aromatic heterocycles. The van der Waals surface area contributed by atoms with Crippen LogP contribution in [0.3, 0.4) is 0 Å². The van der Waals surface area contributed by atoms with Gasteiger partial charge in [0, 0.05) is 11.6 Å². The largest absolute Gasteiger partial charge is 0.489 e. The van der Waals surface area contributed by atoms with Crippen LogP contribution in [0.2, 0.25) is 5.02 Å². The fourth-order valence-corrected chi connectivity index (χ4v) is 2.09. The molecule has 3 aromatic rings. The Morgan fingerprint density at radius 2 is 1.95 bits per heavy atom. The van der Waals surface area contributed by atoms with E-state index in [1.54, 1.807) is 0 Å². The smallest absolute Gasteiger partial charge is 0.218 e. The molecule has 0 fully saturated rings. The van der Waals surface area contributed by atoms with Gasteiger partial charge in [-0.25, -0.2) is 10.1 Å². The van der Waals surface area contributed by atoms with Crippen LogP contribution in [0, 0.1) is 0 Å². The third kappa shape index (κ3) is 3.99. The zero-order valence-corrected chi connectivity index (χ0v) is 12.5. The monoisotopic (exact) mass is 314 g/mol. The van der Waals surface area contributed by atoms with Gasteiger partial charge < -0.3 is 10.1 Å². The zero-order chi connectivity index (χ0) is 15.2. The van der Waals surface area contributed by atoms with Gasteiger partial charge in [0.25, 0.3) is 0 Å². The second-order valence-corrected chi connectivity index (χ2v) is 5.19. The molecule has 0 unspecified atom stereocenters. The van der Waals surface area contributed by atoms with Gasteiger partial charge in [0.05, 0.1) is 0 Å². The Bertz CT molecular complexity index is 713. The quantitative estimate of drug-likeness (QED) is 0.729. The lowest BCUT2D eigenvalue weighted by Crippen LogP contribution is -2.01. The number of rotatable bonds is 6. The van der Waals surface area contributed by atoms with Crippen molar-refractivity contribution >= 4 is 17.5 Å². The summed E-state index contributed by atoms with van der Waals surface area (Å²) in [6, 6.07) is 15.6. The minimum Gasteiger partial charge on any atom is -0.489 e. The van der Waals surface area contributed by atoms with Crippen LogP contribution in [0.25, 0.3) is 0 Å². The van der Waals surface area contributed by atoms with Gasteiger partial charge in [-0.15, -0.1) is 0 Å². The van der Waals surface area contributed by atoms with Gasteiger partial charge in [-0.1, -0.05) is 35.9 Å². The Balaban J connectivity index is 1.57. The van der Waals surface area contributed by atoms with E-state index in [4.69, 9.17) is 16.3 Å². The fraction of sp³-hybridized carbons (Fsp3) is 0.125. The Morgan fingerprint density at radius 1 is 1.09 bits per heavy atom. The van der Waals surface area contributed by atoms with Crippen LogP contribution in [-0.4, -0.2) is 15.2 Å². The summed E-state index contributed by atoms with van der Waals surface area (Å²) in [4.78, 5) is 4.02. The lowest BCUT2D eigenvalue weighted by molar-refractivity contribution is 0.306. The van der Waals surface area contributed by atoms with Crippen LogP contribution in [-0.2, 0) is 13.2 Å². The average molecular weight is 315 g/mol. The number of benzene rings is 2. The van der Waals surface area contributed by atoms with E-state index in [-0.39, 0.29) is 0 Å². The molecule has 0 saturated carbocycles. The molecule has 5 nitrogen and oxygen atoms in total. The summed E-state index contributed by atoms with van der Waals surface area (Å²) < 4.78 is 5.80. The number of halogens is 1. The zero-order valence-electron chi connectivity index (χ0n) is 11.8. The maximum Gasteiger partial charge on any atom is 0.218 e. The SMILES string of the molecule is Clc1ccc(COc2cccc(CNc3ncn[nH]3)c2)cc1. The Hall–Kier alpha value is -2.53. The highest BCUT2D eigenvalue weighted by Gasteiger charge is 2.00. The number of ether oxygens (including phenoxy) is 1. The summed E-state index contributed by atoms with van der Waals surface area (Å²) in [6.45, 7) is 1.16. The van der Waals surface area contributed by atoms with Crippen LogP contribution < -0.4 is 10.1 Å². The summed E-state index contributed by atoms with van der Waals surface area (Å²) in [5.74, 6) is 1.47. The van der Waals surface area contributed by atoms with Crippen LogP contribution in [0.4, 0.5) is 5.95 Å². The van der Waals surface area contributed by atoms with Gasteiger partial charge in [0.2, 0.25) is 5.95 Å². The van der Waals surface area contributed by atoms with E-state index < -0.39 is 0 Å². The minimum atomic E-state index is 0.510. The van der Waals surface area contributed by atoms with Crippen molar-refractivity contribution in [3.63, 3.8) is 0 Å². The molecule has 2 N–H and O–H groups in total. The number of H-pyrrole nitrogens is 1. The highest BCUT2D eigenvalue weighted by Crippen LogP contribution is 2.17. The second kappa shape index (κ2) is 6.95. The van der Waals surface area contributed by atoms with Crippen molar-refractivity contribution in [1.29, 1.82) is 0 Å². The summed E-state index contributed by atoms with van der Waals surface area (Å²) >= 11 is 5.87. The first kappa shape index (κ1) is 14.4. The van der Waals surface area contributed by atoms with Crippen molar-refractivity contribution in [2.45, 2.75) is 13.2 Å². The van der Waals surface area contributed by atoms with Crippen LogP contribution in [0.15, 0.2) is 54.9 Å². The number of hydrogen-bond donors (Lipinski definition) is 2. The summed E-state index contributed by atoms with van der Waals surface area (Å²) in [5.41, 5.74) is 2.18. The molecule has 2 aromatic carbocycles. The molecule has 0 spiro atoms. The van der Waals surface area contributed by atoms with Crippen LogP contribution in [0.1, 0.15) is 11.1 Å². The fourth-order valence-electron chi connectivity index (χ4n) is 1.97. The molecule has 0 aliphatic heterocycles. The number of nitrogens with one attached hydrogen (secondary N) is 2. The molecule has 0 aliphatic carbocycles. The molecule has 6 heteroatoms. The lowest BCUT2D eigenvalue weighted by Gasteiger charge is -2.09. The number of aromatic nitrogens is 3. The number of nitrogens with zero attached hydrogens (tertiary/aromatic N) is 2. The van der Waals surface area contributed by atoms with Gasteiger partial charge in [-0.2, -0.15) is 5.10 Å². The van der Waals surface area contributed by atoms with Crippen molar-refractivity contribution in [3.8, 4) is 5.75 Å². The van der Waals surface area contributed by atoms with Gasteiger partial charge in [-0.05, 0) is 35.4 Å². The molecule has 3 rings (SSSR count). The van der Waals surface area contributed by atoms with Gasteiger partial charge in [0.1, 0.15) is 18.7 Å². The summed E-state index contributed by atoms with van der Waals surface area (Å²) in [5, 5.41) is 10.4. The minimum absolute atomic E-state index is 0.510. The predicted octanol–water partition coefficient (Wildman–Crippen LogP) is 3.65. The van der Waals surface area contributed by atoms with E-state index >= 15 is 0 Å². The summed E-state index contributed by atoms with van der Waals surface area (Å²) in [7, 11) is 0. The van der Waals surface area contributed by atoms with Crippen LogP contribution in [0.5, 0.6) is 5.75 Å². The molecule has 0 bridgehead atoms. The lowest BCUT2D eigenvalue weighted by atomic mass is 10.2. The van der Waals surface area contributed by atoms with Gasteiger partial charge in [-0.3, -0.25) is 0 Å². The van der Waals surface area contributed by atoms with Gasteiger partial charge in [0.15, 0.2) is 0 Å². The van der Waals surface area contributed by atoms with E-state index in [2.05, 4.69) is 20.5 Å². The Morgan fingerprint density at radius 3 is 2.73 bits per heavy atom. The van der Waals surface area contributed by atoms with E-state index in [1.165, 1.54) is 6.33 Å². The molecule has 0 amide bonds. The van der Waals surface area contributed by atoms with E-state index in [0.717, 1.165) is 21.9 Å². The first-order valence-corrected chi connectivity index (χ1v) is 7.23. The van der Waals surface area contributed by atoms with Crippen molar-refractivity contribution in [2.75, 3.05) is 5.32 Å². The third-order valence-electron chi connectivity index (χ3n) is 3.09. The van der Waals surface area contributed by atoms with Crippen molar-refractivity contribution < 1.29 is 4.74 Å². The molecule has 112 valence electrons. The molecule has 0 radical (unpaired) electrons. The molecule has 1 heterocycles. The maximum atomic E-state index is 5.87. The van der Waals surface area contributed by atoms with Crippen molar-refractivity contribution in [2.24, 2.45) is 0 Å². The van der Waals surface area contributed by atoms with E-state index in [0.29, 0.717) is 19.1 Å². The van der Waals surface area contributed by atoms with Crippen molar-refractivity contribution in [1.82, 2.24) is 15.2 Å². The third-order valence-corrected chi connectivity index (χ3v) is 3.34. The van der Waals surface area contributed by atoms with Crippen LogP contribution >= 0.6 is 11.6 Å². The highest BCUT2D eigenvalue weighted by atomic mass is 35.5. The Kier molecular flexibility index (Phi) is 4.56. The predicted molar refractivity (Wildman–Crippen MR) is 85.9 cm³/mol.